The van der Waals surface area contributed by atoms with E-state index in [1.54, 1.807) is 6.92 Å². The minimum atomic E-state index is -4.43. The zero-order valence-electron chi connectivity index (χ0n) is 10.4. The monoisotopic (exact) mass is 268 g/mol. The highest BCUT2D eigenvalue weighted by Gasteiger charge is 2.13. The Morgan fingerprint density at radius 2 is 1.82 bits per heavy atom. The number of hydrogen-bond donors (Lipinski definition) is 1. The molecule has 0 aliphatic heterocycles. The quantitative estimate of drug-likeness (QED) is 0.603. The van der Waals surface area contributed by atoms with Crippen LogP contribution in [0, 0.1) is 0 Å². The normalized spacial score (nSPS) is 11.8. The van der Waals surface area contributed by atoms with Crippen LogP contribution in [-0.4, -0.2) is 69.0 Å². The van der Waals surface area contributed by atoms with Crippen LogP contribution in [0.15, 0.2) is 0 Å². The standard InChI is InChI=1S/C9H20N2O5S/c1-4-9(12)11(6-5-10(2)3)7-8-16-17(13,14)15/h4-8H2,1-3H3,(H,13,14,15). The molecule has 1 amide bonds. The maximum absolute atomic E-state index is 11.5. The largest absolute Gasteiger partial charge is 0.397 e. The van der Waals surface area contributed by atoms with Gasteiger partial charge in [-0.15, -0.1) is 0 Å². The highest BCUT2D eigenvalue weighted by molar-refractivity contribution is 7.80. The Kier molecular flexibility index (Phi) is 7.28. The summed E-state index contributed by atoms with van der Waals surface area (Å²) >= 11 is 0. The Hall–Kier alpha value is -0.700. The highest BCUT2D eigenvalue weighted by Crippen LogP contribution is 1.96. The molecule has 0 unspecified atom stereocenters. The number of likely N-dealkylation sites (N-methyl/N-ethyl adjacent to an activating group) is 1. The maximum Gasteiger partial charge on any atom is 0.397 e. The van der Waals surface area contributed by atoms with Crippen molar-refractivity contribution in [3.8, 4) is 0 Å². The van der Waals surface area contributed by atoms with Gasteiger partial charge in [-0.3, -0.25) is 9.35 Å². The van der Waals surface area contributed by atoms with E-state index in [-0.39, 0.29) is 19.1 Å². The number of rotatable bonds is 8. The molecule has 0 aromatic rings. The molecule has 0 bridgehead atoms. The zero-order chi connectivity index (χ0) is 13.5. The Morgan fingerprint density at radius 3 is 2.24 bits per heavy atom. The SMILES string of the molecule is CCC(=O)N(CCOS(=O)(=O)O)CCN(C)C. The van der Waals surface area contributed by atoms with Crippen molar-refractivity contribution in [1.82, 2.24) is 9.80 Å². The lowest BCUT2D eigenvalue weighted by atomic mass is 10.3. The molecule has 0 aromatic carbocycles. The molecule has 1 N–H and O–H groups in total. The topological polar surface area (TPSA) is 87.1 Å². The first kappa shape index (κ1) is 16.3. The number of hydrogen-bond acceptors (Lipinski definition) is 5. The summed E-state index contributed by atoms with van der Waals surface area (Å²) in [6, 6.07) is 0. The number of carbonyl (C=O) groups is 1. The lowest BCUT2D eigenvalue weighted by molar-refractivity contribution is -0.131. The Morgan fingerprint density at radius 1 is 1.24 bits per heavy atom. The molecule has 0 saturated carbocycles. The van der Waals surface area contributed by atoms with Gasteiger partial charge in [-0.1, -0.05) is 6.92 Å². The average Bonchev–Trinajstić information content (AvgIpc) is 2.20. The van der Waals surface area contributed by atoms with E-state index in [1.165, 1.54) is 4.90 Å². The van der Waals surface area contributed by atoms with Crippen molar-refractivity contribution in [1.29, 1.82) is 0 Å². The number of nitrogens with zero attached hydrogens (tertiary/aromatic N) is 2. The molecule has 0 atom stereocenters. The molecule has 0 aromatic heterocycles. The molecule has 102 valence electrons. The summed E-state index contributed by atoms with van der Waals surface area (Å²) in [6.07, 6.45) is 0.347. The van der Waals surface area contributed by atoms with Gasteiger partial charge < -0.3 is 9.80 Å². The zero-order valence-corrected chi connectivity index (χ0v) is 11.2. The van der Waals surface area contributed by atoms with Gasteiger partial charge in [0.05, 0.1) is 6.61 Å². The molecule has 8 heteroatoms. The minimum absolute atomic E-state index is 0.0780. The Labute approximate surface area is 102 Å². The van der Waals surface area contributed by atoms with E-state index < -0.39 is 10.4 Å². The van der Waals surface area contributed by atoms with Crippen molar-refractivity contribution in [3.05, 3.63) is 0 Å². The number of amides is 1. The van der Waals surface area contributed by atoms with Gasteiger partial charge in [0, 0.05) is 26.1 Å². The van der Waals surface area contributed by atoms with Crippen LogP contribution in [0.1, 0.15) is 13.3 Å². The van der Waals surface area contributed by atoms with Gasteiger partial charge in [-0.25, -0.2) is 4.18 Å². The molecule has 0 heterocycles. The van der Waals surface area contributed by atoms with Crippen LogP contribution < -0.4 is 0 Å². The van der Waals surface area contributed by atoms with Crippen LogP contribution in [0.3, 0.4) is 0 Å². The van der Waals surface area contributed by atoms with Crippen LogP contribution in [0.5, 0.6) is 0 Å². The second-order valence-electron chi connectivity index (χ2n) is 3.79. The second-order valence-corrected chi connectivity index (χ2v) is 4.88. The molecule has 0 fully saturated rings. The molecule has 0 radical (unpaired) electrons. The summed E-state index contributed by atoms with van der Waals surface area (Å²) in [6.45, 7) is 2.80. The lowest BCUT2D eigenvalue weighted by Gasteiger charge is -2.23. The van der Waals surface area contributed by atoms with Crippen molar-refractivity contribution in [2.24, 2.45) is 0 Å². The minimum Gasteiger partial charge on any atom is -0.339 e. The van der Waals surface area contributed by atoms with E-state index in [9.17, 15) is 13.2 Å². The van der Waals surface area contributed by atoms with E-state index in [2.05, 4.69) is 4.18 Å². The molecule has 0 aliphatic rings. The van der Waals surface area contributed by atoms with Gasteiger partial charge in [0.15, 0.2) is 0 Å². The van der Waals surface area contributed by atoms with Gasteiger partial charge in [0.25, 0.3) is 0 Å². The van der Waals surface area contributed by atoms with Gasteiger partial charge in [0.2, 0.25) is 5.91 Å². The fourth-order valence-electron chi connectivity index (χ4n) is 1.16. The molecule has 0 aliphatic carbocycles. The lowest BCUT2D eigenvalue weighted by Crippen LogP contribution is -2.38. The fraction of sp³-hybridized carbons (Fsp3) is 0.889. The van der Waals surface area contributed by atoms with Gasteiger partial charge in [-0.05, 0) is 14.1 Å². The van der Waals surface area contributed by atoms with Crippen molar-refractivity contribution >= 4 is 16.3 Å². The third-order valence-corrected chi connectivity index (χ3v) is 2.53. The summed E-state index contributed by atoms with van der Waals surface area (Å²) in [5.41, 5.74) is 0. The molecule has 17 heavy (non-hydrogen) atoms. The first-order valence-corrected chi connectivity index (χ1v) is 6.67. The molecular formula is C9H20N2O5S. The van der Waals surface area contributed by atoms with Gasteiger partial charge in [-0.2, -0.15) is 8.42 Å². The van der Waals surface area contributed by atoms with E-state index in [1.807, 2.05) is 19.0 Å². The van der Waals surface area contributed by atoms with Gasteiger partial charge >= 0.3 is 10.4 Å². The summed E-state index contributed by atoms with van der Waals surface area (Å²) < 4.78 is 33.2. The summed E-state index contributed by atoms with van der Waals surface area (Å²) in [7, 11) is -0.675. The van der Waals surface area contributed by atoms with E-state index in [0.29, 0.717) is 19.5 Å². The first-order chi connectivity index (χ1) is 7.76. The van der Waals surface area contributed by atoms with Crippen LogP contribution in [0.25, 0.3) is 0 Å². The molecule has 7 nitrogen and oxygen atoms in total. The Bertz CT molecular complexity index is 328. The van der Waals surface area contributed by atoms with Crippen molar-refractivity contribution in [3.63, 3.8) is 0 Å². The van der Waals surface area contributed by atoms with Crippen LogP contribution >= 0.6 is 0 Å². The predicted octanol–water partition coefficient (Wildman–Crippen LogP) is -0.394. The summed E-state index contributed by atoms with van der Waals surface area (Å²) in [4.78, 5) is 14.9. The molecule has 0 spiro atoms. The third-order valence-electron chi connectivity index (χ3n) is 2.07. The smallest absolute Gasteiger partial charge is 0.339 e. The average molecular weight is 268 g/mol. The molecule has 0 saturated heterocycles. The Balaban J connectivity index is 4.15. The van der Waals surface area contributed by atoms with E-state index in [0.717, 1.165) is 0 Å². The summed E-state index contributed by atoms with van der Waals surface area (Å²) in [5, 5.41) is 0. The predicted molar refractivity (Wildman–Crippen MR) is 62.9 cm³/mol. The third kappa shape index (κ3) is 9.04. The number of carbonyl (C=O) groups excluding carboxylic acids is 1. The molecule has 0 rings (SSSR count). The highest BCUT2D eigenvalue weighted by atomic mass is 32.3. The van der Waals surface area contributed by atoms with E-state index >= 15 is 0 Å². The van der Waals surface area contributed by atoms with Crippen LogP contribution in [0.2, 0.25) is 0 Å². The fourth-order valence-corrected chi connectivity index (χ4v) is 1.44. The second kappa shape index (κ2) is 7.59. The molecular weight excluding hydrogens is 248 g/mol. The van der Waals surface area contributed by atoms with Crippen molar-refractivity contribution < 1.29 is 21.9 Å². The first-order valence-electron chi connectivity index (χ1n) is 5.30. The van der Waals surface area contributed by atoms with Crippen LogP contribution in [-0.2, 0) is 19.4 Å². The maximum atomic E-state index is 11.5. The van der Waals surface area contributed by atoms with Crippen molar-refractivity contribution in [2.45, 2.75) is 13.3 Å². The van der Waals surface area contributed by atoms with Crippen LogP contribution in [0.4, 0.5) is 0 Å². The van der Waals surface area contributed by atoms with Gasteiger partial charge in [0.1, 0.15) is 0 Å². The summed E-state index contributed by atoms with van der Waals surface area (Å²) in [5.74, 6) is -0.0780. The van der Waals surface area contributed by atoms with E-state index in [4.69, 9.17) is 4.55 Å². The van der Waals surface area contributed by atoms with Crippen molar-refractivity contribution in [2.75, 3.05) is 40.3 Å².